The average Bonchev–Trinajstić information content (AvgIpc) is 1.64. The maximum Gasteiger partial charge on any atom is 0.221 e. The van der Waals surface area contributed by atoms with Crippen LogP contribution in [0.25, 0.3) is 0 Å². The predicted molar refractivity (Wildman–Crippen MR) is 33.0 cm³/mol. The summed E-state index contributed by atoms with van der Waals surface area (Å²) < 4.78 is 0. The van der Waals surface area contributed by atoms with Crippen molar-refractivity contribution in [1.29, 1.82) is 0 Å². The molecule has 0 spiro atoms. The summed E-state index contributed by atoms with van der Waals surface area (Å²) in [5.41, 5.74) is 10.4. The Morgan fingerprint density at radius 1 is 1.33 bits per heavy atom. The van der Waals surface area contributed by atoms with E-state index < -0.39 is 0 Å². The first kappa shape index (κ1) is 7.64. The fraction of sp³-hybridized carbons (Fsp3) is 0. The smallest absolute Gasteiger partial charge is 0.221 e. The van der Waals surface area contributed by atoms with Crippen molar-refractivity contribution in [3.05, 3.63) is 12.3 Å². The van der Waals surface area contributed by atoms with Gasteiger partial charge in [-0.15, -0.1) is 0 Å². The van der Waals surface area contributed by atoms with Gasteiger partial charge in [-0.25, -0.2) is 4.98 Å². The normalized spacial score (nSPS) is 8.00. The van der Waals surface area contributed by atoms with Crippen LogP contribution in [0.1, 0.15) is 0 Å². The molecule has 1 rings (SSSR count). The predicted octanol–water partition coefficient (Wildman–Crippen LogP) is -0.840. The Kier molecular flexibility index (Phi) is 2.40. The second-order valence-electron chi connectivity index (χ2n) is 1.34. The van der Waals surface area contributed by atoms with E-state index in [9.17, 15) is 0 Å². The van der Waals surface area contributed by atoms with Crippen molar-refractivity contribution < 1.29 is 0 Å². The van der Waals surface area contributed by atoms with E-state index in [2.05, 4.69) is 9.97 Å². The van der Waals surface area contributed by atoms with Gasteiger partial charge >= 0.3 is 0 Å². The molecule has 5 heteroatoms. The first-order valence-corrected chi connectivity index (χ1v) is 2.13. The molecule has 0 aliphatic carbocycles. The number of hydrogen-bond acceptors (Lipinski definition) is 4. The monoisotopic (exact) mass is 124 g/mol. The van der Waals surface area contributed by atoms with E-state index in [4.69, 9.17) is 11.5 Å². The van der Waals surface area contributed by atoms with Gasteiger partial charge in [-0.3, -0.25) is 0 Å². The third-order valence-corrected chi connectivity index (χ3v) is 0.696. The molecule has 0 unspecified atom stereocenters. The molecule has 1 aromatic heterocycles. The second-order valence-corrected chi connectivity index (χ2v) is 1.34. The number of nitrogen functional groups attached to an aromatic ring is 2. The van der Waals surface area contributed by atoms with Crippen LogP contribution in [0, 0.1) is 0 Å². The van der Waals surface area contributed by atoms with Crippen molar-refractivity contribution in [1.82, 2.24) is 16.1 Å². The summed E-state index contributed by atoms with van der Waals surface area (Å²) in [6, 6.07) is 1.58. The molecule has 5 nitrogen and oxygen atoms in total. The van der Waals surface area contributed by atoms with Gasteiger partial charge in [-0.05, 0) is 6.07 Å². The molecule has 47 valence electrons. The van der Waals surface area contributed by atoms with Crippen molar-refractivity contribution in [2.24, 2.45) is 0 Å². The Balaban J connectivity index is 0.000000640. The molecule has 0 atom stereocenters. The largest absolute Gasteiger partial charge is 0.384 e. The van der Waals surface area contributed by atoms with E-state index in [-0.39, 0.29) is 12.1 Å². The molecule has 1 heterocycles. The Labute approximate surface area is 52.7 Å². The highest BCUT2D eigenvalue weighted by Crippen LogP contribution is 1.94. The zero-order valence-electron chi connectivity index (χ0n) is 4.65. The second kappa shape index (κ2) is 2.83. The van der Waals surface area contributed by atoms with E-state index in [1.807, 2.05) is 0 Å². The topological polar surface area (TPSA) is 108 Å². The third kappa shape index (κ3) is 1.92. The lowest BCUT2D eigenvalue weighted by Gasteiger charge is -1.89. The van der Waals surface area contributed by atoms with Crippen LogP contribution in [-0.4, -0.2) is 9.97 Å². The lowest BCUT2D eigenvalue weighted by molar-refractivity contribution is 1.19. The molecule has 9 heavy (non-hydrogen) atoms. The Morgan fingerprint density at radius 3 is 2.33 bits per heavy atom. The highest BCUT2D eigenvalue weighted by atomic mass is 15.0. The van der Waals surface area contributed by atoms with Crippen molar-refractivity contribution >= 4 is 11.8 Å². The fourth-order valence-corrected chi connectivity index (χ4v) is 0.388. The standard InChI is InChI=1S/C4H6N4.N/c5-3-1-2-7-4(6)8-3;/h1-2H,(H4,5,6,7,8);. The zero-order chi connectivity index (χ0) is 5.98. The molecule has 3 radical (unpaired) electrons. The van der Waals surface area contributed by atoms with Gasteiger partial charge in [0.05, 0.1) is 0 Å². The van der Waals surface area contributed by atoms with E-state index >= 15 is 0 Å². The van der Waals surface area contributed by atoms with Crippen molar-refractivity contribution in [3.8, 4) is 0 Å². The van der Waals surface area contributed by atoms with Gasteiger partial charge in [0.1, 0.15) is 5.82 Å². The maximum absolute atomic E-state index is 5.23. The molecule has 0 amide bonds. The van der Waals surface area contributed by atoms with E-state index in [1.165, 1.54) is 6.20 Å². The van der Waals surface area contributed by atoms with Gasteiger partial charge in [0, 0.05) is 12.3 Å². The number of anilines is 2. The van der Waals surface area contributed by atoms with Crippen LogP contribution in [0.5, 0.6) is 0 Å². The Hall–Kier alpha value is -1.36. The third-order valence-electron chi connectivity index (χ3n) is 0.696. The van der Waals surface area contributed by atoms with Crippen LogP contribution in [-0.2, 0) is 0 Å². The zero-order valence-corrected chi connectivity index (χ0v) is 4.65. The summed E-state index contributed by atoms with van der Waals surface area (Å²) in [5.74, 6) is 0.613. The van der Waals surface area contributed by atoms with Crippen LogP contribution in [0.2, 0.25) is 0 Å². The van der Waals surface area contributed by atoms with Crippen molar-refractivity contribution in [2.45, 2.75) is 0 Å². The van der Waals surface area contributed by atoms with E-state index in [0.717, 1.165) is 0 Å². The van der Waals surface area contributed by atoms with Gasteiger partial charge in [0.25, 0.3) is 0 Å². The van der Waals surface area contributed by atoms with Crippen LogP contribution in [0.15, 0.2) is 12.3 Å². The highest BCUT2D eigenvalue weighted by molar-refractivity contribution is 5.31. The molecule has 0 saturated heterocycles. The van der Waals surface area contributed by atoms with Gasteiger partial charge in [-0.1, -0.05) is 0 Å². The van der Waals surface area contributed by atoms with Crippen LogP contribution in [0.3, 0.4) is 0 Å². The minimum Gasteiger partial charge on any atom is -0.384 e. The molecule has 0 aliphatic heterocycles. The summed E-state index contributed by atoms with van der Waals surface area (Å²) in [4.78, 5) is 7.24. The summed E-state index contributed by atoms with van der Waals surface area (Å²) in [7, 11) is 0. The summed E-state index contributed by atoms with van der Waals surface area (Å²) >= 11 is 0. The SMILES string of the molecule is Nc1ccnc(N)n1.[N]. The summed E-state index contributed by atoms with van der Waals surface area (Å²) in [5, 5.41) is 0. The first-order valence-electron chi connectivity index (χ1n) is 2.13. The molecule has 0 fully saturated rings. The molecule has 0 aromatic carbocycles. The number of hydrogen-bond donors (Lipinski definition) is 2. The highest BCUT2D eigenvalue weighted by Gasteiger charge is 1.84. The minimum atomic E-state index is 0. The van der Waals surface area contributed by atoms with E-state index in [0.29, 0.717) is 5.82 Å². The number of nitrogens with two attached hydrogens (primary N) is 2. The fourth-order valence-electron chi connectivity index (χ4n) is 0.388. The Morgan fingerprint density at radius 2 is 2.00 bits per heavy atom. The summed E-state index contributed by atoms with van der Waals surface area (Å²) in [6.07, 6.45) is 1.51. The molecule has 0 bridgehead atoms. The van der Waals surface area contributed by atoms with Gasteiger partial charge < -0.3 is 11.5 Å². The van der Waals surface area contributed by atoms with Gasteiger partial charge in [0.15, 0.2) is 0 Å². The van der Waals surface area contributed by atoms with Crippen LogP contribution < -0.4 is 17.6 Å². The average molecular weight is 124 g/mol. The lowest BCUT2D eigenvalue weighted by atomic mass is 10.6. The minimum absolute atomic E-state index is 0. The van der Waals surface area contributed by atoms with Gasteiger partial charge in [-0.2, -0.15) is 4.98 Å². The van der Waals surface area contributed by atoms with Crippen molar-refractivity contribution in [2.75, 3.05) is 11.5 Å². The first-order chi connectivity index (χ1) is 3.79. The quantitative estimate of drug-likeness (QED) is 0.470. The number of aromatic nitrogens is 2. The molecule has 0 aliphatic rings. The molecule has 1 aromatic rings. The summed E-state index contributed by atoms with van der Waals surface area (Å²) in [6.45, 7) is 0. The number of nitrogens with zero attached hydrogens (tertiary/aromatic N) is 3. The molecular formula is C4H6N5. The lowest BCUT2D eigenvalue weighted by Crippen LogP contribution is -1.96. The Bertz CT molecular complexity index is 169. The number of rotatable bonds is 0. The molecule has 0 saturated carbocycles. The van der Waals surface area contributed by atoms with Crippen molar-refractivity contribution in [3.63, 3.8) is 0 Å². The molecular weight excluding hydrogens is 118 g/mol. The van der Waals surface area contributed by atoms with Crippen LogP contribution >= 0.6 is 0 Å². The van der Waals surface area contributed by atoms with Gasteiger partial charge in [0.2, 0.25) is 5.95 Å². The maximum atomic E-state index is 5.23. The molecule has 4 N–H and O–H groups in total. The van der Waals surface area contributed by atoms with E-state index in [1.54, 1.807) is 6.07 Å². The van der Waals surface area contributed by atoms with Crippen LogP contribution in [0.4, 0.5) is 11.8 Å².